The number of furan rings is 1. The maximum atomic E-state index is 12.4. The minimum Gasteiger partial charge on any atom is -0.447 e. The number of sulfonamides is 1. The second-order valence-corrected chi connectivity index (χ2v) is 8.43. The van der Waals surface area contributed by atoms with Crippen LogP contribution in [-0.2, 0) is 16.6 Å². The van der Waals surface area contributed by atoms with Crippen LogP contribution >= 0.6 is 0 Å². The first-order valence-corrected chi connectivity index (χ1v) is 8.41. The van der Waals surface area contributed by atoms with Gasteiger partial charge in [0.15, 0.2) is 0 Å². The number of rotatable bonds is 7. The smallest absolute Gasteiger partial charge is 0.276 e. The van der Waals surface area contributed by atoms with Crippen molar-refractivity contribution in [1.29, 1.82) is 0 Å². The van der Waals surface area contributed by atoms with E-state index in [0.29, 0.717) is 25.4 Å². The van der Waals surface area contributed by atoms with Crippen molar-refractivity contribution in [2.75, 3.05) is 34.2 Å². The zero-order chi connectivity index (χ0) is 16.3. The molecule has 0 saturated carbocycles. The molecule has 0 radical (unpaired) electrons. The molecule has 0 spiro atoms. The van der Waals surface area contributed by atoms with Crippen LogP contribution in [0.25, 0.3) is 0 Å². The number of hydrogen-bond acceptors (Lipinski definition) is 5. The largest absolute Gasteiger partial charge is 0.447 e. The van der Waals surface area contributed by atoms with Crippen molar-refractivity contribution in [3.8, 4) is 0 Å². The summed E-state index contributed by atoms with van der Waals surface area (Å²) < 4.78 is 31.5. The number of nitrogens with one attached hydrogen (secondary N) is 1. The van der Waals surface area contributed by atoms with Crippen LogP contribution in [-0.4, -0.2) is 57.4 Å². The second kappa shape index (κ2) is 6.91. The lowest BCUT2D eigenvalue weighted by atomic mass is 10.1. The number of nitrogens with zero attached hydrogens (tertiary/aromatic N) is 2. The van der Waals surface area contributed by atoms with Gasteiger partial charge in [-0.2, -0.15) is 4.31 Å². The minimum atomic E-state index is -3.56. The standard InChI is InChI=1S/C14H27N3O3S/c1-14(2,3)15-11-12-7-8-13(20-12)21(18,19)17(6)10-9-16(4)5/h7-8,15H,9-11H2,1-6H3. The third-order valence-corrected chi connectivity index (χ3v) is 4.69. The summed E-state index contributed by atoms with van der Waals surface area (Å²) >= 11 is 0. The van der Waals surface area contributed by atoms with E-state index in [-0.39, 0.29) is 10.6 Å². The van der Waals surface area contributed by atoms with E-state index in [1.54, 1.807) is 13.1 Å². The Kier molecular flexibility index (Phi) is 5.98. The molecule has 0 saturated heterocycles. The van der Waals surface area contributed by atoms with E-state index >= 15 is 0 Å². The first kappa shape index (κ1) is 18.2. The molecular formula is C14H27N3O3S. The van der Waals surface area contributed by atoms with Gasteiger partial charge < -0.3 is 14.6 Å². The topological polar surface area (TPSA) is 65.8 Å². The molecule has 21 heavy (non-hydrogen) atoms. The predicted octanol–water partition coefficient (Wildman–Crippen LogP) is 1.35. The fraction of sp³-hybridized carbons (Fsp3) is 0.714. The summed E-state index contributed by atoms with van der Waals surface area (Å²) in [6.07, 6.45) is 0. The van der Waals surface area contributed by atoms with Crippen molar-refractivity contribution >= 4 is 10.0 Å². The average molecular weight is 317 g/mol. The van der Waals surface area contributed by atoms with Crippen LogP contribution in [0.1, 0.15) is 26.5 Å². The van der Waals surface area contributed by atoms with Gasteiger partial charge in [0.1, 0.15) is 5.76 Å². The van der Waals surface area contributed by atoms with Crippen LogP contribution in [0.3, 0.4) is 0 Å². The Morgan fingerprint density at radius 2 is 1.76 bits per heavy atom. The highest BCUT2D eigenvalue weighted by Crippen LogP contribution is 2.18. The minimum absolute atomic E-state index is 0.00512. The zero-order valence-corrected chi connectivity index (χ0v) is 14.6. The molecule has 0 aliphatic carbocycles. The third kappa shape index (κ3) is 5.78. The van der Waals surface area contributed by atoms with E-state index in [1.165, 1.54) is 10.4 Å². The Morgan fingerprint density at radius 3 is 2.29 bits per heavy atom. The highest BCUT2D eigenvalue weighted by Gasteiger charge is 2.24. The van der Waals surface area contributed by atoms with Crippen molar-refractivity contribution in [1.82, 2.24) is 14.5 Å². The molecule has 0 fully saturated rings. The quantitative estimate of drug-likeness (QED) is 0.822. The van der Waals surface area contributed by atoms with Gasteiger partial charge in [0.25, 0.3) is 10.0 Å². The van der Waals surface area contributed by atoms with Crippen LogP contribution < -0.4 is 5.32 Å². The Hall–Kier alpha value is -0.890. The summed E-state index contributed by atoms with van der Waals surface area (Å²) in [6.45, 7) is 7.72. The van der Waals surface area contributed by atoms with Crippen molar-refractivity contribution < 1.29 is 12.8 Å². The molecule has 0 unspecified atom stereocenters. The van der Waals surface area contributed by atoms with E-state index in [0.717, 1.165) is 0 Å². The Balaban J connectivity index is 2.74. The molecule has 6 nitrogen and oxygen atoms in total. The van der Waals surface area contributed by atoms with Crippen molar-refractivity contribution in [3.05, 3.63) is 17.9 Å². The number of hydrogen-bond donors (Lipinski definition) is 1. The monoisotopic (exact) mass is 317 g/mol. The summed E-state index contributed by atoms with van der Waals surface area (Å²) in [7, 11) is 1.82. The van der Waals surface area contributed by atoms with Gasteiger partial charge in [-0.05, 0) is 47.0 Å². The fourth-order valence-corrected chi connectivity index (χ4v) is 2.64. The second-order valence-electron chi connectivity index (χ2n) is 6.45. The fourth-order valence-electron chi connectivity index (χ4n) is 1.56. The Morgan fingerprint density at radius 1 is 1.14 bits per heavy atom. The highest BCUT2D eigenvalue weighted by molar-refractivity contribution is 7.89. The normalized spacial score (nSPS) is 13.3. The molecular weight excluding hydrogens is 290 g/mol. The molecule has 1 aromatic rings. The van der Waals surface area contributed by atoms with E-state index in [1.807, 2.05) is 39.8 Å². The van der Waals surface area contributed by atoms with Gasteiger partial charge >= 0.3 is 0 Å². The summed E-state index contributed by atoms with van der Waals surface area (Å²) in [5.41, 5.74) is -0.0473. The Bertz CT molecular complexity index is 544. The van der Waals surface area contributed by atoms with E-state index < -0.39 is 10.0 Å². The lowest BCUT2D eigenvalue weighted by molar-refractivity contribution is 0.336. The van der Waals surface area contributed by atoms with Gasteiger partial charge in [-0.25, -0.2) is 8.42 Å². The third-order valence-electron chi connectivity index (χ3n) is 2.96. The van der Waals surface area contributed by atoms with Crippen LogP contribution in [0.5, 0.6) is 0 Å². The van der Waals surface area contributed by atoms with Crippen molar-refractivity contribution in [3.63, 3.8) is 0 Å². The molecule has 122 valence electrons. The van der Waals surface area contributed by atoms with E-state index in [2.05, 4.69) is 5.32 Å². The van der Waals surface area contributed by atoms with Crippen molar-refractivity contribution in [2.45, 2.75) is 37.9 Å². The molecule has 0 aromatic carbocycles. The van der Waals surface area contributed by atoms with Gasteiger partial charge in [-0.3, -0.25) is 0 Å². The maximum absolute atomic E-state index is 12.4. The molecule has 1 N–H and O–H groups in total. The van der Waals surface area contributed by atoms with Gasteiger partial charge in [-0.1, -0.05) is 0 Å². The van der Waals surface area contributed by atoms with E-state index in [4.69, 9.17) is 4.42 Å². The molecule has 7 heteroatoms. The van der Waals surface area contributed by atoms with Crippen LogP contribution in [0.4, 0.5) is 0 Å². The first-order valence-electron chi connectivity index (χ1n) is 6.97. The SMILES string of the molecule is CN(C)CCN(C)S(=O)(=O)c1ccc(CNC(C)(C)C)o1. The lowest BCUT2D eigenvalue weighted by Crippen LogP contribution is -2.35. The molecule has 0 bridgehead atoms. The predicted molar refractivity (Wildman–Crippen MR) is 83.7 cm³/mol. The zero-order valence-electron chi connectivity index (χ0n) is 13.8. The van der Waals surface area contributed by atoms with Crippen LogP contribution in [0.2, 0.25) is 0 Å². The van der Waals surface area contributed by atoms with Gasteiger partial charge in [0.2, 0.25) is 5.09 Å². The molecule has 0 aliphatic rings. The molecule has 0 amide bonds. The molecule has 0 atom stereocenters. The average Bonchev–Trinajstić information content (AvgIpc) is 2.81. The summed E-state index contributed by atoms with van der Waals surface area (Å²) in [6, 6.07) is 3.21. The van der Waals surface area contributed by atoms with Gasteiger partial charge in [0, 0.05) is 25.7 Å². The van der Waals surface area contributed by atoms with Crippen LogP contribution in [0.15, 0.2) is 21.6 Å². The highest BCUT2D eigenvalue weighted by atomic mass is 32.2. The summed E-state index contributed by atoms with van der Waals surface area (Å²) in [5, 5.41) is 3.26. The molecule has 1 rings (SSSR count). The van der Waals surface area contributed by atoms with Gasteiger partial charge in [0.05, 0.1) is 6.54 Å². The van der Waals surface area contributed by atoms with E-state index in [9.17, 15) is 8.42 Å². The molecule has 1 aromatic heterocycles. The van der Waals surface area contributed by atoms with Gasteiger partial charge in [-0.15, -0.1) is 0 Å². The summed E-state index contributed by atoms with van der Waals surface area (Å²) in [5.74, 6) is 0.615. The lowest BCUT2D eigenvalue weighted by Gasteiger charge is -2.19. The van der Waals surface area contributed by atoms with Crippen molar-refractivity contribution in [2.24, 2.45) is 0 Å². The maximum Gasteiger partial charge on any atom is 0.276 e. The van der Waals surface area contributed by atoms with Crippen LogP contribution in [0, 0.1) is 0 Å². The molecule has 0 aliphatic heterocycles. The first-order chi connectivity index (χ1) is 9.52. The molecule has 1 heterocycles. The Labute approximate surface area is 128 Å². The number of likely N-dealkylation sites (N-methyl/N-ethyl adjacent to an activating group) is 2. The summed E-state index contributed by atoms with van der Waals surface area (Å²) in [4.78, 5) is 1.94.